The minimum absolute atomic E-state index is 0.0546. The normalized spacial score (nSPS) is 17.0. The van der Waals surface area contributed by atoms with Gasteiger partial charge in [0.25, 0.3) is 0 Å². The fraction of sp³-hybridized carbons (Fsp3) is 0.304. The number of hydrogen-bond donors (Lipinski definition) is 3. The minimum atomic E-state index is -1.61. The smallest absolute Gasteiger partial charge is 0.328 e. The number of carboxylic acids is 1. The summed E-state index contributed by atoms with van der Waals surface area (Å²) in [6.07, 6.45) is 3.47. The third-order valence-corrected chi connectivity index (χ3v) is 5.25. The molecule has 0 spiro atoms. The van der Waals surface area contributed by atoms with Crippen LogP contribution in [0.4, 0.5) is 18.9 Å². The number of nitrogen functional groups attached to an aromatic ring is 1. The molecular formula is C23H24F3N3O2. The van der Waals surface area contributed by atoms with Crippen molar-refractivity contribution in [2.75, 3.05) is 18.8 Å². The molecule has 0 fully saturated rings. The second-order valence-electron chi connectivity index (χ2n) is 8.19. The number of alkyl halides is 1. The summed E-state index contributed by atoms with van der Waals surface area (Å²) in [5.41, 5.74) is 6.34. The third-order valence-electron chi connectivity index (χ3n) is 5.25. The number of nitrogens with zero attached hydrogens (tertiary/aromatic N) is 1. The first-order valence-corrected chi connectivity index (χ1v) is 9.76. The van der Waals surface area contributed by atoms with Gasteiger partial charge < -0.3 is 16.2 Å². The Bertz CT molecular complexity index is 1040. The molecule has 0 bridgehead atoms. The van der Waals surface area contributed by atoms with Gasteiger partial charge in [0, 0.05) is 42.2 Å². The van der Waals surface area contributed by atoms with Crippen molar-refractivity contribution in [1.29, 1.82) is 5.41 Å². The zero-order valence-corrected chi connectivity index (χ0v) is 17.3. The van der Waals surface area contributed by atoms with E-state index < -0.39 is 29.3 Å². The molecule has 1 atom stereocenters. The highest BCUT2D eigenvalue weighted by molar-refractivity contribution is 5.88. The maximum atomic E-state index is 15.2. The molecule has 8 heteroatoms. The summed E-state index contributed by atoms with van der Waals surface area (Å²) in [6.45, 7) is 3.08. The standard InChI is InChI=1S/C23H24F3N3O2/c1-23(2,26)12-29-8-7-14-15(4-5-19(28)16(14)11-27)22(29)21-17(24)9-13(10-18(21)25)3-6-20(30)31/h3-6,9-11,22,27H,7-8,12,28H2,1-2H3,(H,30,31)/b6-3+,27-11?/t22-/m0/s1. The Labute approximate surface area is 178 Å². The molecular weight excluding hydrogens is 407 g/mol. The number of carbonyl (C=O) groups is 1. The van der Waals surface area contributed by atoms with E-state index in [9.17, 15) is 9.18 Å². The van der Waals surface area contributed by atoms with Crippen molar-refractivity contribution in [2.45, 2.75) is 32.0 Å². The number of fused-ring (bicyclic) bond motifs is 1. The van der Waals surface area contributed by atoms with Crippen molar-refractivity contribution in [1.82, 2.24) is 4.90 Å². The van der Waals surface area contributed by atoms with Gasteiger partial charge in [-0.05, 0) is 61.2 Å². The molecule has 31 heavy (non-hydrogen) atoms. The Morgan fingerprint density at radius 2 is 1.97 bits per heavy atom. The number of aliphatic carboxylic acids is 1. The first-order chi connectivity index (χ1) is 14.5. The summed E-state index contributed by atoms with van der Waals surface area (Å²) in [6, 6.07) is 4.43. The van der Waals surface area contributed by atoms with Crippen molar-refractivity contribution < 1.29 is 23.1 Å². The molecule has 1 heterocycles. The molecule has 4 N–H and O–H groups in total. The van der Waals surface area contributed by atoms with Crippen LogP contribution >= 0.6 is 0 Å². The van der Waals surface area contributed by atoms with E-state index in [4.69, 9.17) is 16.2 Å². The molecule has 1 aliphatic rings. The predicted molar refractivity (Wildman–Crippen MR) is 114 cm³/mol. The molecule has 164 valence electrons. The number of rotatable bonds is 6. The van der Waals surface area contributed by atoms with Crippen LogP contribution in [0, 0.1) is 17.0 Å². The van der Waals surface area contributed by atoms with Gasteiger partial charge in [0.1, 0.15) is 17.3 Å². The number of nitrogens with two attached hydrogens (primary N) is 1. The van der Waals surface area contributed by atoms with E-state index in [0.29, 0.717) is 35.3 Å². The summed E-state index contributed by atoms with van der Waals surface area (Å²) < 4.78 is 44.9. The molecule has 0 amide bonds. The molecule has 0 saturated heterocycles. The average molecular weight is 431 g/mol. The van der Waals surface area contributed by atoms with Gasteiger partial charge in [-0.25, -0.2) is 18.0 Å². The Balaban J connectivity index is 2.20. The topological polar surface area (TPSA) is 90.4 Å². The molecule has 5 nitrogen and oxygen atoms in total. The minimum Gasteiger partial charge on any atom is -0.478 e. The molecule has 3 rings (SSSR count). The van der Waals surface area contributed by atoms with E-state index in [0.717, 1.165) is 30.5 Å². The quantitative estimate of drug-likeness (QED) is 0.361. The van der Waals surface area contributed by atoms with Gasteiger partial charge >= 0.3 is 5.97 Å². The lowest BCUT2D eigenvalue weighted by molar-refractivity contribution is -0.131. The fourth-order valence-corrected chi connectivity index (χ4v) is 4.11. The van der Waals surface area contributed by atoms with E-state index in [-0.39, 0.29) is 17.7 Å². The van der Waals surface area contributed by atoms with Gasteiger partial charge in [-0.1, -0.05) is 6.07 Å². The predicted octanol–water partition coefficient (Wildman–Crippen LogP) is 4.34. The highest BCUT2D eigenvalue weighted by Crippen LogP contribution is 2.41. The monoisotopic (exact) mass is 431 g/mol. The van der Waals surface area contributed by atoms with Crippen LogP contribution in [-0.4, -0.2) is 40.9 Å². The zero-order valence-electron chi connectivity index (χ0n) is 17.3. The Morgan fingerprint density at radius 1 is 1.32 bits per heavy atom. The molecule has 0 unspecified atom stereocenters. The second-order valence-corrected chi connectivity index (χ2v) is 8.19. The number of hydrogen-bond acceptors (Lipinski definition) is 4. The van der Waals surface area contributed by atoms with Crippen molar-refractivity contribution in [2.24, 2.45) is 0 Å². The van der Waals surface area contributed by atoms with Crippen LogP contribution < -0.4 is 5.73 Å². The highest BCUT2D eigenvalue weighted by Gasteiger charge is 2.36. The van der Waals surface area contributed by atoms with Crippen molar-refractivity contribution in [3.8, 4) is 0 Å². The van der Waals surface area contributed by atoms with Gasteiger partial charge in [0.15, 0.2) is 0 Å². The maximum Gasteiger partial charge on any atom is 0.328 e. The van der Waals surface area contributed by atoms with Gasteiger partial charge in [-0.2, -0.15) is 0 Å². The van der Waals surface area contributed by atoms with E-state index in [1.807, 2.05) is 0 Å². The van der Waals surface area contributed by atoms with Crippen LogP contribution in [0.5, 0.6) is 0 Å². The summed E-state index contributed by atoms with van der Waals surface area (Å²) >= 11 is 0. The van der Waals surface area contributed by atoms with Crippen molar-refractivity contribution in [3.05, 3.63) is 69.8 Å². The van der Waals surface area contributed by atoms with E-state index >= 15 is 8.78 Å². The summed E-state index contributed by atoms with van der Waals surface area (Å²) in [7, 11) is 0. The van der Waals surface area contributed by atoms with Gasteiger partial charge in [-0.3, -0.25) is 4.90 Å². The molecule has 1 aliphatic heterocycles. The van der Waals surface area contributed by atoms with Crippen molar-refractivity contribution in [3.63, 3.8) is 0 Å². The van der Waals surface area contributed by atoms with E-state index in [1.165, 1.54) is 13.8 Å². The summed E-state index contributed by atoms with van der Waals surface area (Å²) in [4.78, 5) is 12.4. The maximum absolute atomic E-state index is 15.2. The van der Waals surface area contributed by atoms with Crippen LogP contribution in [0.2, 0.25) is 0 Å². The summed E-state index contributed by atoms with van der Waals surface area (Å²) in [5.74, 6) is -2.96. The number of carboxylic acid groups (broad SMARTS) is 1. The molecule has 0 saturated carbocycles. The Hall–Kier alpha value is -3.13. The van der Waals surface area contributed by atoms with Crippen LogP contribution in [0.3, 0.4) is 0 Å². The van der Waals surface area contributed by atoms with Crippen LogP contribution in [0.25, 0.3) is 6.08 Å². The van der Waals surface area contributed by atoms with Crippen molar-refractivity contribution >= 4 is 23.9 Å². The van der Waals surface area contributed by atoms with Crippen LogP contribution in [0.15, 0.2) is 30.3 Å². The largest absolute Gasteiger partial charge is 0.478 e. The third kappa shape index (κ3) is 4.80. The van der Waals surface area contributed by atoms with Crippen LogP contribution in [0.1, 0.15) is 47.7 Å². The van der Waals surface area contributed by atoms with Gasteiger partial charge in [0.2, 0.25) is 0 Å². The number of anilines is 1. The second kappa shape index (κ2) is 8.55. The lowest BCUT2D eigenvalue weighted by Gasteiger charge is -2.40. The molecule has 0 aliphatic carbocycles. The Kier molecular flexibility index (Phi) is 6.22. The summed E-state index contributed by atoms with van der Waals surface area (Å²) in [5, 5.41) is 16.5. The molecule has 2 aromatic rings. The number of nitrogens with one attached hydrogen (secondary N) is 1. The number of benzene rings is 2. The van der Waals surface area contributed by atoms with Gasteiger partial charge in [0.05, 0.1) is 6.04 Å². The highest BCUT2D eigenvalue weighted by atomic mass is 19.1. The Morgan fingerprint density at radius 3 is 2.52 bits per heavy atom. The number of halogens is 3. The first-order valence-electron chi connectivity index (χ1n) is 9.76. The van der Waals surface area contributed by atoms with Crippen LogP contribution in [-0.2, 0) is 11.2 Å². The molecule has 2 aromatic carbocycles. The molecule has 0 radical (unpaired) electrons. The van der Waals surface area contributed by atoms with Gasteiger partial charge in [-0.15, -0.1) is 0 Å². The zero-order chi connectivity index (χ0) is 22.9. The lowest BCUT2D eigenvalue weighted by atomic mass is 9.84. The average Bonchev–Trinajstić information content (AvgIpc) is 2.66. The fourth-order valence-electron chi connectivity index (χ4n) is 4.11. The first kappa shape index (κ1) is 22.6. The molecule has 0 aromatic heterocycles. The lowest BCUT2D eigenvalue weighted by Crippen LogP contribution is -2.43. The SMILES string of the molecule is CC(C)(F)CN1CCc2c(ccc(N)c2C=N)[C@H]1c1c(F)cc(/C=C/C(=O)O)cc1F. The van der Waals surface area contributed by atoms with E-state index in [1.54, 1.807) is 17.0 Å². The van der Waals surface area contributed by atoms with E-state index in [2.05, 4.69) is 0 Å².